The smallest absolute Gasteiger partial charge is 0.161 e. The molecular weight excluding hydrogens is 353 g/mol. The summed E-state index contributed by atoms with van der Waals surface area (Å²) < 4.78 is 5.71. The zero-order valence-corrected chi connectivity index (χ0v) is 13.1. The topological polar surface area (TPSA) is 61.0 Å². The van der Waals surface area contributed by atoms with Gasteiger partial charge in [0.2, 0.25) is 0 Å². The number of benzene rings is 1. The van der Waals surface area contributed by atoms with Crippen LogP contribution in [-0.4, -0.2) is 17.1 Å². The predicted molar refractivity (Wildman–Crippen MR) is 80.3 cm³/mol. The highest BCUT2D eigenvalue weighted by Crippen LogP contribution is 2.29. The van der Waals surface area contributed by atoms with E-state index in [1.54, 1.807) is 25.3 Å². The van der Waals surface area contributed by atoms with Gasteiger partial charge in [0.15, 0.2) is 5.82 Å². The Hall–Kier alpha value is -0.880. The molecule has 0 aliphatic heterocycles. The molecule has 0 spiro atoms. The molecule has 100 valence electrons. The monoisotopic (exact) mass is 361 g/mol. The number of ether oxygens (including phenoxy) is 1. The first kappa shape index (κ1) is 14.5. The molecule has 0 radical (unpaired) electrons. The predicted octanol–water partition coefficient (Wildman–Crippen LogP) is 3.94. The average molecular weight is 363 g/mol. The Morgan fingerprint density at radius 3 is 2.63 bits per heavy atom. The lowest BCUT2D eigenvalue weighted by atomic mass is 10.2. The molecule has 0 fully saturated rings. The molecule has 0 saturated carbocycles. The molecule has 1 aromatic carbocycles. The highest BCUT2D eigenvalue weighted by atomic mass is 79.9. The summed E-state index contributed by atoms with van der Waals surface area (Å²) in [6.45, 7) is 0.335. The van der Waals surface area contributed by atoms with Crippen LogP contribution < -0.4 is 5.73 Å². The summed E-state index contributed by atoms with van der Waals surface area (Å²) in [4.78, 5) is 8.62. The lowest BCUT2D eigenvalue weighted by Gasteiger charge is -2.09. The van der Waals surface area contributed by atoms with E-state index in [2.05, 4.69) is 25.9 Å². The van der Waals surface area contributed by atoms with Gasteiger partial charge >= 0.3 is 0 Å². The molecule has 2 rings (SSSR count). The quantitative estimate of drug-likeness (QED) is 0.898. The van der Waals surface area contributed by atoms with Crippen LogP contribution in [0.15, 0.2) is 22.7 Å². The second kappa shape index (κ2) is 6.05. The number of hydrogen-bond acceptors (Lipinski definition) is 4. The molecule has 19 heavy (non-hydrogen) atoms. The Morgan fingerprint density at radius 1 is 1.26 bits per heavy atom. The minimum absolute atomic E-state index is 0.335. The summed E-state index contributed by atoms with van der Waals surface area (Å²) in [7, 11) is 1.59. The highest BCUT2D eigenvalue weighted by molar-refractivity contribution is 9.10. The molecular formula is C12H10BrCl2N3O. The van der Waals surface area contributed by atoms with Crippen LogP contribution in [0.4, 0.5) is 5.82 Å². The van der Waals surface area contributed by atoms with Gasteiger partial charge in [-0.15, -0.1) is 0 Å². The van der Waals surface area contributed by atoms with Crippen molar-refractivity contribution in [2.45, 2.75) is 6.61 Å². The molecule has 0 unspecified atom stereocenters. The number of nitrogens with zero attached hydrogens (tertiary/aromatic N) is 2. The van der Waals surface area contributed by atoms with E-state index in [1.165, 1.54) is 0 Å². The van der Waals surface area contributed by atoms with Crippen LogP contribution in [0, 0.1) is 0 Å². The number of methoxy groups -OCH3 is 1. The SMILES string of the molecule is COCc1nc(-c2ccc(Cl)c(Cl)c2)nc(N)c1Br. The Bertz CT molecular complexity index is 622. The first-order chi connectivity index (χ1) is 9.02. The van der Waals surface area contributed by atoms with E-state index in [0.29, 0.717) is 38.5 Å². The minimum Gasteiger partial charge on any atom is -0.383 e. The highest BCUT2D eigenvalue weighted by Gasteiger charge is 2.12. The summed E-state index contributed by atoms with van der Waals surface area (Å²) in [5, 5.41) is 0.921. The Labute approximate surface area is 129 Å². The molecule has 0 aliphatic rings. The molecule has 0 atom stereocenters. The standard InChI is InChI=1S/C12H10BrCl2N3O/c1-19-5-9-10(13)11(16)18-12(17-9)6-2-3-7(14)8(15)4-6/h2-4H,5H2,1H3,(H2,16,17,18). The number of nitrogens with two attached hydrogens (primary N) is 1. The van der Waals surface area contributed by atoms with Gasteiger partial charge in [-0.1, -0.05) is 23.2 Å². The van der Waals surface area contributed by atoms with Crippen LogP contribution in [0.1, 0.15) is 5.69 Å². The van der Waals surface area contributed by atoms with Crippen molar-refractivity contribution in [2.24, 2.45) is 0 Å². The maximum Gasteiger partial charge on any atom is 0.161 e. The van der Waals surface area contributed by atoms with Gasteiger partial charge in [0.1, 0.15) is 5.82 Å². The van der Waals surface area contributed by atoms with Crippen LogP contribution >= 0.6 is 39.1 Å². The summed E-state index contributed by atoms with van der Waals surface area (Å²) in [5.74, 6) is 0.828. The zero-order valence-electron chi connectivity index (χ0n) is 9.95. The van der Waals surface area contributed by atoms with Crippen LogP contribution in [-0.2, 0) is 11.3 Å². The van der Waals surface area contributed by atoms with E-state index in [9.17, 15) is 0 Å². The fourth-order valence-electron chi connectivity index (χ4n) is 1.51. The number of nitrogen functional groups attached to an aromatic ring is 1. The van der Waals surface area contributed by atoms with Gasteiger partial charge in [-0.3, -0.25) is 0 Å². The van der Waals surface area contributed by atoms with Gasteiger partial charge in [-0.25, -0.2) is 9.97 Å². The lowest BCUT2D eigenvalue weighted by Crippen LogP contribution is -2.03. The van der Waals surface area contributed by atoms with Gasteiger partial charge in [0.05, 0.1) is 26.8 Å². The lowest BCUT2D eigenvalue weighted by molar-refractivity contribution is 0.181. The van der Waals surface area contributed by atoms with Gasteiger partial charge in [-0.05, 0) is 34.1 Å². The third kappa shape index (κ3) is 3.17. The van der Waals surface area contributed by atoms with Gasteiger partial charge in [0.25, 0.3) is 0 Å². The third-order valence-electron chi connectivity index (χ3n) is 2.40. The van der Waals surface area contributed by atoms with E-state index >= 15 is 0 Å². The second-order valence-corrected chi connectivity index (χ2v) is 5.36. The molecule has 2 N–H and O–H groups in total. The molecule has 1 aromatic heterocycles. The molecule has 1 heterocycles. The van der Waals surface area contributed by atoms with Crippen molar-refractivity contribution in [3.8, 4) is 11.4 Å². The van der Waals surface area contributed by atoms with Gasteiger partial charge in [-0.2, -0.15) is 0 Å². The van der Waals surface area contributed by atoms with Crippen LogP contribution in [0.5, 0.6) is 0 Å². The molecule has 0 saturated heterocycles. The summed E-state index contributed by atoms with van der Waals surface area (Å²) >= 11 is 15.2. The largest absolute Gasteiger partial charge is 0.383 e. The van der Waals surface area contributed by atoms with Crippen LogP contribution in [0.3, 0.4) is 0 Å². The molecule has 7 heteroatoms. The third-order valence-corrected chi connectivity index (χ3v) is 4.01. The summed E-state index contributed by atoms with van der Waals surface area (Å²) in [6, 6.07) is 5.17. The van der Waals surface area contributed by atoms with E-state index in [4.69, 9.17) is 33.7 Å². The Kier molecular flexibility index (Phi) is 4.62. The first-order valence-electron chi connectivity index (χ1n) is 5.29. The van der Waals surface area contributed by atoms with E-state index in [1.807, 2.05) is 0 Å². The van der Waals surface area contributed by atoms with E-state index in [-0.39, 0.29) is 0 Å². The normalized spacial score (nSPS) is 10.7. The van der Waals surface area contributed by atoms with Gasteiger partial charge in [0, 0.05) is 12.7 Å². The molecule has 2 aromatic rings. The van der Waals surface area contributed by atoms with Crippen molar-refractivity contribution in [1.29, 1.82) is 0 Å². The maximum atomic E-state index is 5.98. The fraction of sp³-hybridized carbons (Fsp3) is 0.167. The van der Waals surface area contributed by atoms with E-state index in [0.717, 1.165) is 5.56 Å². The average Bonchev–Trinajstić information content (AvgIpc) is 2.38. The maximum absolute atomic E-state index is 5.98. The van der Waals surface area contributed by atoms with E-state index < -0.39 is 0 Å². The van der Waals surface area contributed by atoms with Gasteiger partial charge < -0.3 is 10.5 Å². The van der Waals surface area contributed by atoms with Crippen molar-refractivity contribution in [2.75, 3.05) is 12.8 Å². The molecule has 0 amide bonds. The number of halogens is 3. The minimum atomic E-state index is 0.335. The first-order valence-corrected chi connectivity index (χ1v) is 6.84. The number of aromatic nitrogens is 2. The molecule has 0 bridgehead atoms. The number of rotatable bonds is 3. The summed E-state index contributed by atoms with van der Waals surface area (Å²) in [5.41, 5.74) is 7.26. The zero-order chi connectivity index (χ0) is 14.0. The number of anilines is 1. The molecule has 0 aliphatic carbocycles. The number of hydrogen-bond donors (Lipinski definition) is 1. The van der Waals surface area contributed by atoms with Crippen molar-refractivity contribution < 1.29 is 4.74 Å². The fourth-order valence-corrected chi connectivity index (χ4v) is 2.10. The Balaban J connectivity index is 2.52. The van der Waals surface area contributed by atoms with Crippen LogP contribution in [0.25, 0.3) is 11.4 Å². The van der Waals surface area contributed by atoms with Crippen molar-refractivity contribution >= 4 is 44.9 Å². The second-order valence-electron chi connectivity index (χ2n) is 3.76. The van der Waals surface area contributed by atoms with Crippen molar-refractivity contribution in [1.82, 2.24) is 9.97 Å². The van der Waals surface area contributed by atoms with Crippen molar-refractivity contribution in [3.63, 3.8) is 0 Å². The Morgan fingerprint density at radius 2 is 2.00 bits per heavy atom. The van der Waals surface area contributed by atoms with Crippen molar-refractivity contribution in [3.05, 3.63) is 38.4 Å². The molecule has 4 nitrogen and oxygen atoms in total. The summed E-state index contributed by atoms with van der Waals surface area (Å²) in [6.07, 6.45) is 0. The van der Waals surface area contributed by atoms with Crippen LogP contribution in [0.2, 0.25) is 10.0 Å².